The highest BCUT2D eigenvalue weighted by Crippen LogP contribution is 2.31. The normalized spacial score (nSPS) is 17.0. The summed E-state index contributed by atoms with van der Waals surface area (Å²) in [4.78, 5) is 30.1. The van der Waals surface area contributed by atoms with Crippen LogP contribution in [0.5, 0.6) is 0 Å². The summed E-state index contributed by atoms with van der Waals surface area (Å²) in [7, 11) is 0. The SMILES string of the molecule is Cc1csc(Sc2ccc(NC(=O)N3CCC(C(=O)O)C3)cc2)n1. The van der Waals surface area contributed by atoms with Crippen LogP contribution in [0.3, 0.4) is 0 Å². The zero-order valence-electron chi connectivity index (χ0n) is 13.1. The Morgan fingerprint density at radius 1 is 1.38 bits per heavy atom. The number of anilines is 1. The summed E-state index contributed by atoms with van der Waals surface area (Å²) in [6, 6.07) is 7.29. The van der Waals surface area contributed by atoms with E-state index in [1.165, 1.54) is 0 Å². The van der Waals surface area contributed by atoms with Crippen molar-refractivity contribution in [3.63, 3.8) is 0 Å². The molecule has 24 heavy (non-hydrogen) atoms. The third-order valence-corrected chi connectivity index (χ3v) is 5.80. The Bertz CT molecular complexity index is 745. The van der Waals surface area contributed by atoms with E-state index in [1.807, 2.05) is 36.6 Å². The highest BCUT2D eigenvalue weighted by atomic mass is 32.2. The Labute approximate surface area is 147 Å². The molecule has 2 aromatic rings. The van der Waals surface area contributed by atoms with Crippen LogP contribution in [0.1, 0.15) is 12.1 Å². The summed E-state index contributed by atoms with van der Waals surface area (Å²) >= 11 is 3.19. The van der Waals surface area contributed by atoms with Gasteiger partial charge in [-0.15, -0.1) is 11.3 Å². The molecular formula is C16H17N3O3S2. The largest absolute Gasteiger partial charge is 0.481 e. The number of benzene rings is 1. The van der Waals surface area contributed by atoms with Gasteiger partial charge in [-0.25, -0.2) is 9.78 Å². The van der Waals surface area contributed by atoms with Gasteiger partial charge in [0.25, 0.3) is 0 Å². The highest BCUT2D eigenvalue weighted by molar-refractivity contribution is 8.01. The molecule has 3 rings (SSSR count). The van der Waals surface area contributed by atoms with E-state index < -0.39 is 11.9 Å². The average Bonchev–Trinajstić information content (AvgIpc) is 3.18. The van der Waals surface area contributed by atoms with Crippen LogP contribution < -0.4 is 5.32 Å². The summed E-state index contributed by atoms with van der Waals surface area (Å²) in [5.41, 5.74) is 1.70. The number of urea groups is 1. The van der Waals surface area contributed by atoms with Crippen molar-refractivity contribution in [1.82, 2.24) is 9.88 Å². The van der Waals surface area contributed by atoms with Crippen molar-refractivity contribution >= 4 is 40.8 Å². The van der Waals surface area contributed by atoms with E-state index in [-0.39, 0.29) is 12.6 Å². The van der Waals surface area contributed by atoms with Crippen LogP contribution in [-0.2, 0) is 4.79 Å². The molecule has 0 bridgehead atoms. The molecule has 126 valence electrons. The van der Waals surface area contributed by atoms with E-state index in [0.717, 1.165) is 14.9 Å². The number of hydrogen-bond donors (Lipinski definition) is 2. The standard InChI is InChI=1S/C16H17N3O3S2/c1-10-9-23-16(17-10)24-13-4-2-12(3-5-13)18-15(22)19-7-6-11(8-19)14(20)21/h2-5,9,11H,6-8H2,1H3,(H,18,22)(H,20,21). The Morgan fingerprint density at radius 3 is 2.71 bits per heavy atom. The fourth-order valence-corrected chi connectivity index (χ4v) is 4.24. The van der Waals surface area contributed by atoms with E-state index in [2.05, 4.69) is 10.3 Å². The second-order valence-corrected chi connectivity index (χ2v) is 7.76. The topological polar surface area (TPSA) is 82.5 Å². The molecule has 0 spiro atoms. The number of aliphatic carboxylic acids is 1. The number of likely N-dealkylation sites (tertiary alicyclic amines) is 1. The molecule has 8 heteroatoms. The van der Waals surface area contributed by atoms with E-state index in [9.17, 15) is 9.59 Å². The monoisotopic (exact) mass is 363 g/mol. The molecule has 2 N–H and O–H groups in total. The molecule has 1 aliphatic rings. The molecule has 1 fully saturated rings. The number of aryl methyl sites for hydroxylation is 1. The van der Waals surface area contributed by atoms with Crippen LogP contribution >= 0.6 is 23.1 Å². The molecule has 0 radical (unpaired) electrons. The van der Waals surface area contributed by atoms with Crippen LogP contribution in [-0.4, -0.2) is 40.1 Å². The third kappa shape index (κ3) is 4.07. The maximum absolute atomic E-state index is 12.2. The van der Waals surface area contributed by atoms with Gasteiger partial charge in [0, 0.05) is 34.7 Å². The minimum absolute atomic E-state index is 0.255. The lowest BCUT2D eigenvalue weighted by molar-refractivity contribution is -0.141. The number of amides is 2. The van der Waals surface area contributed by atoms with E-state index in [4.69, 9.17) is 5.11 Å². The number of thiazole rings is 1. The smallest absolute Gasteiger partial charge is 0.321 e. The van der Waals surface area contributed by atoms with Crippen molar-refractivity contribution in [1.29, 1.82) is 0 Å². The third-order valence-electron chi connectivity index (χ3n) is 3.73. The molecular weight excluding hydrogens is 346 g/mol. The summed E-state index contributed by atoms with van der Waals surface area (Å²) in [6.07, 6.45) is 0.506. The van der Waals surface area contributed by atoms with Gasteiger partial charge in [0.2, 0.25) is 0 Å². The summed E-state index contributed by atoms with van der Waals surface area (Å²) in [5, 5.41) is 13.8. The van der Waals surface area contributed by atoms with Gasteiger partial charge in [0.15, 0.2) is 4.34 Å². The van der Waals surface area contributed by atoms with Gasteiger partial charge in [0.05, 0.1) is 5.92 Å². The fourth-order valence-electron chi connectivity index (χ4n) is 2.44. The lowest BCUT2D eigenvalue weighted by atomic mass is 10.1. The minimum atomic E-state index is -0.843. The molecule has 2 heterocycles. The number of carboxylic acids is 1. The summed E-state index contributed by atoms with van der Waals surface area (Å²) < 4.78 is 0.987. The Hall–Kier alpha value is -2.06. The Kier molecular flexibility index (Phi) is 5.06. The first-order valence-corrected chi connectivity index (χ1v) is 9.19. The lowest BCUT2D eigenvalue weighted by Crippen LogP contribution is -2.33. The zero-order valence-corrected chi connectivity index (χ0v) is 14.7. The van der Waals surface area contributed by atoms with Crippen molar-refractivity contribution < 1.29 is 14.7 Å². The fraction of sp³-hybridized carbons (Fsp3) is 0.312. The van der Waals surface area contributed by atoms with Crippen molar-refractivity contribution in [2.75, 3.05) is 18.4 Å². The number of aromatic nitrogens is 1. The van der Waals surface area contributed by atoms with E-state index in [1.54, 1.807) is 28.0 Å². The second-order valence-electron chi connectivity index (χ2n) is 5.58. The van der Waals surface area contributed by atoms with Gasteiger partial charge in [-0.05, 0) is 37.6 Å². The van der Waals surface area contributed by atoms with Crippen molar-refractivity contribution in [3.05, 3.63) is 35.3 Å². The number of carbonyl (C=O) groups is 2. The summed E-state index contributed by atoms with van der Waals surface area (Å²) in [5.74, 6) is -1.31. The van der Waals surface area contributed by atoms with Gasteiger partial charge in [-0.3, -0.25) is 4.79 Å². The van der Waals surface area contributed by atoms with Crippen LogP contribution in [0, 0.1) is 12.8 Å². The van der Waals surface area contributed by atoms with Crippen molar-refractivity contribution in [3.8, 4) is 0 Å². The Balaban J connectivity index is 1.56. The number of carboxylic acid groups (broad SMARTS) is 1. The number of hydrogen-bond acceptors (Lipinski definition) is 5. The molecule has 1 aliphatic heterocycles. The molecule has 1 unspecified atom stereocenters. The molecule has 1 saturated heterocycles. The molecule has 1 aromatic carbocycles. The predicted molar refractivity (Wildman–Crippen MR) is 93.8 cm³/mol. The Morgan fingerprint density at radius 2 is 2.12 bits per heavy atom. The molecule has 0 aliphatic carbocycles. The molecule has 6 nitrogen and oxygen atoms in total. The van der Waals surface area contributed by atoms with Crippen LogP contribution in [0.4, 0.5) is 10.5 Å². The maximum Gasteiger partial charge on any atom is 0.321 e. The first kappa shape index (κ1) is 16.8. The van der Waals surface area contributed by atoms with Crippen LogP contribution in [0.15, 0.2) is 38.9 Å². The van der Waals surface area contributed by atoms with Crippen LogP contribution in [0.25, 0.3) is 0 Å². The van der Waals surface area contributed by atoms with Gasteiger partial charge >= 0.3 is 12.0 Å². The number of nitrogens with one attached hydrogen (secondary N) is 1. The van der Waals surface area contributed by atoms with Gasteiger partial charge < -0.3 is 15.3 Å². The first-order chi connectivity index (χ1) is 11.5. The van der Waals surface area contributed by atoms with E-state index in [0.29, 0.717) is 18.7 Å². The number of carbonyl (C=O) groups excluding carboxylic acids is 1. The van der Waals surface area contributed by atoms with Crippen molar-refractivity contribution in [2.24, 2.45) is 5.92 Å². The van der Waals surface area contributed by atoms with Gasteiger partial charge in [-0.1, -0.05) is 11.8 Å². The van der Waals surface area contributed by atoms with Crippen molar-refractivity contribution in [2.45, 2.75) is 22.6 Å². The maximum atomic E-state index is 12.2. The molecule has 0 saturated carbocycles. The van der Waals surface area contributed by atoms with Gasteiger partial charge in [0.1, 0.15) is 0 Å². The quantitative estimate of drug-likeness (QED) is 0.868. The first-order valence-electron chi connectivity index (χ1n) is 7.50. The zero-order chi connectivity index (χ0) is 17.1. The number of nitrogens with zero attached hydrogens (tertiary/aromatic N) is 2. The minimum Gasteiger partial charge on any atom is -0.481 e. The number of rotatable bonds is 4. The lowest BCUT2D eigenvalue weighted by Gasteiger charge is -2.16. The van der Waals surface area contributed by atoms with Gasteiger partial charge in [-0.2, -0.15) is 0 Å². The molecule has 1 atom stereocenters. The molecule has 1 aromatic heterocycles. The van der Waals surface area contributed by atoms with E-state index >= 15 is 0 Å². The highest BCUT2D eigenvalue weighted by Gasteiger charge is 2.30. The summed E-state index contributed by atoms with van der Waals surface area (Å²) in [6.45, 7) is 2.70. The molecule has 2 amide bonds. The average molecular weight is 363 g/mol. The van der Waals surface area contributed by atoms with Crippen LogP contribution in [0.2, 0.25) is 0 Å². The predicted octanol–water partition coefficient (Wildman–Crippen LogP) is 3.54. The second kappa shape index (κ2) is 7.23.